The van der Waals surface area contributed by atoms with Gasteiger partial charge in [0.15, 0.2) is 5.52 Å². The first-order chi connectivity index (χ1) is 10.1. The maximum atomic E-state index is 12.4. The number of fused-ring (bicyclic) bond motifs is 1. The normalized spacial score (nSPS) is 11.0. The predicted molar refractivity (Wildman–Crippen MR) is 81.2 cm³/mol. The number of hydrogen-bond donors (Lipinski definition) is 0. The Morgan fingerprint density at radius 2 is 2.00 bits per heavy atom. The van der Waals surface area contributed by atoms with Gasteiger partial charge in [0.25, 0.3) is 5.56 Å². The van der Waals surface area contributed by atoms with Crippen LogP contribution in [0.3, 0.4) is 0 Å². The van der Waals surface area contributed by atoms with Gasteiger partial charge in [-0.2, -0.15) is 5.10 Å². The van der Waals surface area contributed by atoms with E-state index in [-0.39, 0.29) is 5.56 Å². The summed E-state index contributed by atoms with van der Waals surface area (Å²) in [6, 6.07) is 7.83. The number of aromatic nitrogens is 3. The topological polar surface area (TPSA) is 60.9 Å². The average Bonchev–Trinajstić information content (AvgIpc) is 2.88. The Balaban J connectivity index is 2.06. The van der Waals surface area contributed by atoms with Crippen LogP contribution in [0.1, 0.15) is 22.6 Å². The Bertz CT molecular complexity index is 873. The number of aryl methyl sites for hydroxylation is 2. The molecule has 3 aromatic rings. The number of hydrogen-bond acceptors (Lipinski definition) is 4. The van der Waals surface area contributed by atoms with Gasteiger partial charge in [-0.15, -0.1) is 0 Å². The minimum absolute atomic E-state index is 0.236. The van der Waals surface area contributed by atoms with Crippen molar-refractivity contribution in [1.82, 2.24) is 14.9 Å². The van der Waals surface area contributed by atoms with Crippen molar-refractivity contribution in [2.45, 2.75) is 20.4 Å². The second-order valence-corrected chi connectivity index (χ2v) is 4.96. The van der Waals surface area contributed by atoms with E-state index in [0.29, 0.717) is 23.2 Å². The lowest BCUT2D eigenvalue weighted by atomic mass is 10.1. The molecule has 3 rings (SSSR count). The van der Waals surface area contributed by atoms with Gasteiger partial charge in [-0.25, -0.2) is 4.68 Å². The van der Waals surface area contributed by atoms with Gasteiger partial charge >= 0.3 is 0 Å². The number of benzene rings is 1. The molecule has 0 amide bonds. The van der Waals surface area contributed by atoms with Crippen LogP contribution in [0.2, 0.25) is 0 Å². The Morgan fingerprint density at radius 1 is 1.29 bits per heavy atom. The van der Waals surface area contributed by atoms with Crippen molar-refractivity contribution >= 4 is 17.0 Å². The van der Waals surface area contributed by atoms with E-state index in [4.69, 9.17) is 4.52 Å². The SMILES string of the molecule is C=Cc1ccc(Cn2nc(C)c3c(C)onc3c2=O)cc1. The van der Waals surface area contributed by atoms with E-state index < -0.39 is 0 Å². The standard InChI is InChI=1S/C16H15N3O2/c1-4-12-5-7-13(8-6-12)9-19-16(20)15-14(10(2)17-19)11(3)21-18-15/h4-8H,1,9H2,2-3H3. The Hall–Kier alpha value is -2.69. The summed E-state index contributed by atoms with van der Waals surface area (Å²) in [5.74, 6) is 0.620. The van der Waals surface area contributed by atoms with Gasteiger partial charge < -0.3 is 4.52 Å². The molecular formula is C16H15N3O2. The summed E-state index contributed by atoms with van der Waals surface area (Å²) >= 11 is 0. The molecule has 0 spiro atoms. The summed E-state index contributed by atoms with van der Waals surface area (Å²) in [5.41, 5.74) is 2.88. The van der Waals surface area contributed by atoms with Crippen LogP contribution in [0.15, 0.2) is 40.2 Å². The molecular weight excluding hydrogens is 266 g/mol. The second kappa shape index (κ2) is 5.01. The van der Waals surface area contributed by atoms with Crippen LogP contribution < -0.4 is 5.56 Å². The lowest BCUT2D eigenvalue weighted by Gasteiger charge is -2.06. The Kier molecular flexibility index (Phi) is 3.17. The van der Waals surface area contributed by atoms with Gasteiger partial charge in [0.1, 0.15) is 5.76 Å². The molecule has 21 heavy (non-hydrogen) atoms. The summed E-state index contributed by atoms with van der Waals surface area (Å²) in [6.45, 7) is 7.75. The third-order valence-electron chi connectivity index (χ3n) is 3.48. The monoisotopic (exact) mass is 281 g/mol. The summed E-state index contributed by atoms with van der Waals surface area (Å²) < 4.78 is 6.52. The fraction of sp³-hybridized carbons (Fsp3) is 0.188. The molecule has 1 aromatic carbocycles. The van der Waals surface area contributed by atoms with Crippen molar-refractivity contribution in [1.29, 1.82) is 0 Å². The molecule has 0 bridgehead atoms. The molecule has 0 atom stereocenters. The molecule has 0 unspecified atom stereocenters. The first-order valence-electron chi connectivity index (χ1n) is 6.65. The lowest BCUT2D eigenvalue weighted by molar-refractivity contribution is 0.405. The van der Waals surface area contributed by atoms with Crippen molar-refractivity contribution in [2.24, 2.45) is 0 Å². The molecule has 0 aliphatic heterocycles. The van der Waals surface area contributed by atoms with Crippen molar-refractivity contribution in [3.63, 3.8) is 0 Å². The van der Waals surface area contributed by atoms with Gasteiger partial charge in [-0.1, -0.05) is 42.1 Å². The molecule has 0 aliphatic rings. The third kappa shape index (κ3) is 2.27. The lowest BCUT2D eigenvalue weighted by Crippen LogP contribution is -2.24. The average molecular weight is 281 g/mol. The zero-order chi connectivity index (χ0) is 15.0. The molecule has 5 nitrogen and oxygen atoms in total. The predicted octanol–water partition coefficient (Wildman–Crippen LogP) is 2.69. The molecule has 0 N–H and O–H groups in total. The van der Waals surface area contributed by atoms with Crippen LogP contribution >= 0.6 is 0 Å². The van der Waals surface area contributed by atoms with Gasteiger partial charge in [-0.3, -0.25) is 4.79 Å². The van der Waals surface area contributed by atoms with Crippen molar-refractivity contribution in [2.75, 3.05) is 0 Å². The molecule has 5 heteroatoms. The minimum atomic E-state index is -0.236. The Morgan fingerprint density at radius 3 is 2.67 bits per heavy atom. The first kappa shape index (κ1) is 13.3. The first-order valence-corrected chi connectivity index (χ1v) is 6.65. The van der Waals surface area contributed by atoms with Crippen LogP contribution in [0.4, 0.5) is 0 Å². The van der Waals surface area contributed by atoms with E-state index in [9.17, 15) is 4.79 Å². The molecule has 2 heterocycles. The van der Waals surface area contributed by atoms with E-state index in [1.54, 1.807) is 13.0 Å². The van der Waals surface area contributed by atoms with E-state index in [1.165, 1.54) is 4.68 Å². The Labute approximate surface area is 121 Å². The van der Waals surface area contributed by atoms with Crippen molar-refractivity contribution in [3.8, 4) is 0 Å². The molecule has 2 aromatic heterocycles. The van der Waals surface area contributed by atoms with Gasteiger partial charge in [0, 0.05) is 0 Å². The molecule has 0 saturated carbocycles. The van der Waals surface area contributed by atoms with Crippen LogP contribution in [-0.2, 0) is 6.54 Å². The van der Waals surface area contributed by atoms with E-state index in [1.807, 2.05) is 31.2 Å². The maximum absolute atomic E-state index is 12.4. The molecule has 0 saturated heterocycles. The van der Waals surface area contributed by atoms with Crippen LogP contribution in [-0.4, -0.2) is 14.9 Å². The van der Waals surface area contributed by atoms with Crippen molar-refractivity contribution < 1.29 is 4.52 Å². The number of rotatable bonds is 3. The molecule has 106 valence electrons. The zero-order valence-electron chi connectivity index (χ0n) is 12.0. The van der Waals surface area contributed by atoms with Gasteiger partial charge in [-0.05, 0) is 25.0 Å². The van der Waals surface area contributed by atoms with Crippen LogP contribution in [0.5, 0.6) is 0 Å². The zero-order valence-corrected chi connectivity index (χ0v) is 12.0. The van der Waals surface area contributed by atoms with Crippen molar-refractivity contribution in [3.05, 3.63) is 63.8 Å². The van der Waals surface area contributed by atoms with Gasteiger partial charge in [0.2, 0.25) is 0 Å². The van der Waals surface area contributed by atoms with E-state index in [0.717, 1.165) is 16.8 Å². The highest BCUT2D eigenvalue weighted by Gasteiger charge is 2.14. The van der Waals surface area contributed by atoms with Crippen LogP contribution in [0, 0.1) is 13.8 Å². The highest BCUT2D eigenvalue weighted by Crippen LogP contribution is 2.16. The fourth-order valence-corrected chi connectivity index (χ4v) is 2.38. The summed E-state index contributed by atoms with van der Waals surface area (Å²) in [4.78, 5) is 12.4. The summed E-state index contributed by atoms with van der Waals surface area (Å²) in [6.07, 6.45) is 1.78. The number of nitrogens with zero attached hydrogens (tertiary/aromatic N) is 3. The maximum Gasteiger partial charge on any atom is 0.297 e. The van der Waals surface area contributed by atoms with Crippen LogP contribution in [0.25, 0.3) is 17.0 Å². The second-order valence-electron chi connectivity index (χ2n) is 4.96. The fourth-order valence-electron chi connectivity index (χ4n) is 2.38. The largest absolute Gasteiger partial charge is 0.360 e. The molecule has 0 aliphatic carbocycles. The summed E-state index contributed by atoms with van der Waals surface area (Å²) in [7, 11) is 0. The van der Waals surface area contributed by atoms with E-state index >= 15 is 0 Å². The van der Waals surface area contributed by atoms with Gasteiger partial charge in [0.05, 0.1) is 17.6 Å². The molecule has 0 fully saturated rings. The smallest absolute Gasteiger partial charge is 0.297 e. The summed E-state index contributed by atoms with van der Waals surface area (Å²) in [5, 5.41) is 8.91. The quantitative estimate of drug-likeness (QED) is 0.740. The minimum Gasteiger partial charge on any atom is -0.360 e. The third-order valence-corrected chi connectivity index (χ3v) is 3.48. The molecule has 0 radical (unpaired) electrons. The van der Waals surface area contributed by atoms with E-state index in [2.05, 4.69) is 16.8 Å². The highest BCUT2D eigenvalue weighted by molar-refractivity contribution is 5.81. The highest BCUT2D eigenvalue weighted by atomic mass is 16.5.